The number of hydrogen-bond donors (Lipinski definition) is 2. The van der Waals surface area contributed by atoms with Gasteiger partial charge in [-0.05, 0) is 46.7 Å². The normalized spacial score (nSPS) is 21.0. The fraction of sp³-hybridized carbons (Fsp3) is 0.533. The second-order valence-electron chi connectivity index (χ2n) is 10.1. The highest BCUT2D eigenvalue weighted by molar-refractivity contribution is 7.44. The van der Waals surface area contributed by atoms with Crippen LogP contribution in [0.5, 0.6) is 5.75 Å². The summed E-state index contributed by atoms with van der Waals surface area (Å²) in [6.07, 6.45) is 6.21. The Morgan fingerprint density at radius 3 is 2.64 bits per heavy atom. The Morgan fingerprint density at radius 1 is 1.27 bits per heavy atom. The van der Waals surface area contributed by atoms with Gasteiger partial charge >= 0.3 is 0 Å². The molecular weight excluding hydrogens is 587 g/mol. The van der Waals surface area contributed by atoms with Crippen LogP contribution in [0.3, 0.4) is 0 Å². The van der Waals surface area contributed by atoms with Crippen LogP contribution < -0.4 is 10.1 Å². The maximum Gasteiger partial charge on any atom is 0.263 e. The van der Waals surface area contributed by atoms with Crippen molar-refractivity contribution in [1.82, 2.24) is 24.2 Å². The molecule has 0 bridgehead atoms. The van der Waals surface area contributed by atoms with Crippen LogP contribution in [0.1, 0.15) is 48.6 Å². The molecule has 3 aromatic rings. The van der Waals surface area contributed by atoms with Crippen molar-refractivity contribution in [1.29, 1.82) is 1.43 Å². The number of anilines is 1. The standard InChI is InChI=1S/C29H39N6O6P.CH4O/c1-8-9-15-39-42(35(19(2)3)20(4)5)41-25-21(6)40-29(26(25)37-7)34-18-32-24-27(30-17-31-28(24)34)33-23(36)16-38-22-13-11-10-12-14-22;1-2/h1,10-14,17-21,25-26,29H,9,15-16H2,2-7H3,(H,30,31,33,36);2H,1H3/i6D;2T. The van der Waals surface area contributed by atoms with Gasteiger partial charge in [0.25, 0.3) is 14.4 Å². The molecule has 1 aliphatic heterocycles. The van der Waals surface area contributed by atoms with Crippen molar-refractivity contribution in [2.75, 3.05) is 32.8 Å². The lowest BCUT2D eigenvalue weighted by Crippen LogP contribution is -2.39. The summed E-state index contributed by atoms with van der Waals surface area (Å²) in [6, 6.07) is 9.31. The average molecular weight is 634 g/mol. The molecule has 240 valence electrons. The minimum absolute atomic E-state index is 0.0672. The van der Waals surface area contributed by atoms with Crippen LogP contribution in [0.15, 0.2) is 43.0 Å². The van der Waals surface area contributed by atoms with Gasteiger partial charge in [-0.2, -0.15) is 0 Å². The Balaban J connectivity index is 0.00000185. The largest absolute Gasteiger partial charge is 0.484 e. The number of aromatic nitrogens is 4. The van der Waals surface area contributed by atoms with Gasteiger partial charge in [0.2, 0.25) is 1.43 Å². The molecule has 44 heavy (non-hydrogen) atoms. The van der Waals surface area contributed by atoms with Crippen molar-refractivity contribution in [3.05, 3.63) is 43.0 Å². The van der Waals surface area contributed by atoms with E-state index in [1.54, 1.807) is 30.1 Å². The molecule has 2 N–H and O–H groups in total. The predicted octanol–water partition coefficient (Wildman–Crippen LogP) is 4.16. The van der Waals surface area contributed by atoms with E-state index in [1.165, 1.54) is 13.4 Å². The first-order valence-corrected chi connectivity index (χ1v) is 15.3. The average Bonchev–Trinajstić information content (AvgIpc) is 3.62. The SMILES string of the molecule is [2H]CC1OC(n2cnc3c(NC(=O)COc4ccccc4)ncnc32)C(OC)C1OP(OCCC#C)N(C(C)C)C(C)C.[3H]OC. The number of nitrogens with one attached hydrogen (secondary N) is 1. The van der Waals surface area contributed by atoms with E-state index in [0.29, 0.717) is 29.9 Å². The Hall–Kier alpha value is -3.21. The van der Waals surface area contributed by atoms with Crippen molar-refractivity contribution in [2.45, 2.75) is 77.6 Å². The van der Waals surface area contributed by atoms with Crippen LogP contribution in [0.4, 0.5) is 5.82 Å². The van der Waals surface area contributed by atoms with Crippen molar-refractivity contribution in [3.8, 4) is 18.1 Å². The van der Waals surface area contributed by atoms with Crippen LogP contribution in [0.2, 0.25) is 0 Å². The smallest absolute Gasteiger partial charge is 0.263 e. The fourth-order valence-electron chi connectivity index (χ4n) is 4.69. The van der Waals surface area contributed by atoms with Crippen molar-refractivity contribution in [2.24, 2.45) is 0 Å². The number of para-hydroxylation sites is 1. The number of hydrogen-bond acceptors (Lipinski definition) is 11. The van der Waals surface area contributed by atoms with Crippen LogP contribution in [0.25, 0.3) is 11.2 Å². The summed E-state index contributed by atoms with van der Waals surface area (Å²) >= 11 is 0. The van der Waals surface area contributed by atoms with E-state index in [4.69, 9.17) is 32.5 Å². The molecule has 1 aromatic carbocycles. The Kier molecular flexibility index (Phi) is 12.7. The predicted molar refractivity (Wildman–Crippen MR) is 168 cm³/mol. The second-order valence-corrected chi connectivity index (χ2v) is 11.5. The van der Waals surface area contributed by atoms with Gasteiger partial charge < -0.3 is 33.7 Å². The Bertz CT molecular complexity index is 1390. The van der Waals surface area contributed by atoms with Gasteiger partial charge in [0.1, 0.15) is 24.3 Å². The number of amides is 1. The van der Waals surface area contributed by atoms with Gasteiger partial charge in [0.05, 0.1) is 19.0 Å². The maximum absolute atomic E-state index is 12.6. The minimum atomic E-state index is -1.55. The number of fused-ring (bicyclic) bond motifs is 1. The third kappa shape index (κ3) is 8.70. The van der Waals surface area contributed by atoms with E-state index in [2.05, 4.69) is 63.7 Å². The van der Waals surface area contributed by atoms with E-state index in [0.717, 1.165) is 0 Å². The molecule has 2 aromatic heterocycles. The molecule has 0 spiro atoms. The highest BCUT2D eigenvalue weighted by Gasteiger charge is 2.48. The lowest BCUT2D eigenvalue weighted by Gasteiger charge is -2.38. The molecule has 3 heterocycles. The van der Waals surface area contributed by atoms with E-state index in [1.807, 2.05) is 18.2 Å². The molecule has 14 heteroatoms. The van der Waals surface area contributed by atoms with Gasteiger partial charge in [0, 0.05) is 34.1 Å². The molecule has 0 aliphatic carbocycles. The number of carbonyl (C=O) groups excluding carboxylic acids is 1. The van der Waals surface area contributed by atoms with Crippen molar-refractivity contribution >= 4 is 31.4 Å². The summed E-state index contributed by atoms with van der Waals surface area (Å²) in [7, 11) is 1.31. The quantitative estimate of drug-likeness (QED) is 0.150. The highest BCUT2D eigenvalue weighted by Crippen LogP contribution is 2.50. The van der Waals surface area contributed by atoms with Gasteiger partial charge in [0.15, 0.2) is 29.8 Å². The topological polar surface area (TPSA) is 142 Å². The molecule has 0 radical (unpaired) electrons. The van der Waals surface area contributed by atoms with Crippen LogP contribution in [0, 0.1) is 12.3 Å². The van der Waals surface area contributed by atoms with Gasteiger partial charge in [-0.25, -0.2) is 19.6 Å². The molecule has 1 aliphatic rings. The maximum atomic E-state index is 12.6. The number of carbonyl (C=O) groups is 1. The number of imidazole rings is 1. The van der Waals surface area contributed by atoms with Crippen molar-refractivity contribution in [3.63, 3.8) is 0 Å². The third-order valence-electron chi connectivity index (χ3n) is 6.47. The van der Waals surface area contributed by atoms with Crippen molar-refractivity contribution < 1.29 is 34.5 Å². The number of aliphatic hydroxyl groups excluding tert-OH is 1. The second kappa shape index (κ2) is 17.3. The van der Waals surface area contributed by atoms with Gasteiger partial charge in [-0.3, -0.25) is 9.36 Å². The number of methoxy groups -OCH3 is 1. The van der Waals surface area contributed by atoms with Crippen LogP contribution in [-0.4, -0.2) is 94.5 Å². The van der Waals surface area contributed by atoms with E-state index >= 15 is 0 Å². The first-order valence-electron chi connectivity index (χ1n) is 15.3. The highest BCUT2D eigenvalue weighted by atomic mass is 31.2. The molecule has 1 saturated heterocycles. The molecule has 4 rings (SSSR count). The molecule has 5 atom stereocenters. The number of ether oxygens (including phenoxy) is 3. The molecular formula is C30H43N6O7P. The third-order valence-corrected chi connectivity index (χ3v) is 8.60. The van der Waals surface area contributed by atoms with Gasteiger partial charge in [-0.15, -0.1) is 12.3 Å². The molecule has 0 saturated carbocycles. The first-order chi connectivity index (χ1) is 22.2. The first kappa shape index (κ1) is 32.2. The number of rotatable bonds is 14. The fourth-order valence-corrected chi connectivity index (χ4v) is 6.45. The summed E-state index contributed by atoms with van der Waals surface area (Å²) in [5, 5.41) is 6.25. The molecule has 1 fully saturated rings. The lowest BCUT2D eigenvalue weighted by molar-refractivity contribution is -0.118. The summed E-state index contributed by atoms with van der Waals surface area (Å²) in [4.78, 5) is 25.7. The summed E-state index contributed by atoms with van der Waals surface area (Å²) in [6.45, 7) is 8.38. The number of nitrogens with zero attached hydrogens (tertiary/aromatic N) is 5. The monoisotopic (exact) mass is 633 g/mol. The molecule has 13 nitrogen and oxygen atoms in total. The minimum Gasteiger partial charge on any atom is -0.484 e. The zero-order valence-electron chi connectivity index (χ0n) is 28.0. The van der Waals surface area contributed by atoms with Gasteiger partial charge in [-0.1, -0.05) is 18.2 Å². The number of terminal acetylenes is 1. The van der Waals surface area contributed by atoms with Crippen LogP contribution in [-0.2, 0) is 23.3 Å². The van der Waals surface area contributed by atoms with E-state index in [9.17, 15) is 4.79 Å². The molecule has 5 unspecified atom stereocenters. The summed E-state index contributed by atoms with van der Waals surface area (Å²) in [5.41, 5.74) is 0.788. The molecule has 1 amide bonds. The number of benzene rings is 1. The summed E-state index contributed by atoms with van der Waals surface area (Å²) < 4.78 is 48.4. The van der Waals surface area contributed by atoms with E-state index in [-0.39, 0.29) is 31.4 Å². The zero-order valence-corrected chi connectivity index (χ0v) is 26.8. The Labute approximate surface area is 263 Å². The van der Waals surface area contributed by atoms with Crippen LogP contribution >= 0.6 is 8.53 Å². The Morgan fingerprint density at radius 2 is 2.00 bits per heavy atom. The lowest BCUT2D eigenvalue weighted by atomic mass is 10.1. The summed E-state index contributed by atoms with van der Waals surface area (Å²) in [5.74, 6) is 3.02. The zero-order chi connectivity index (χ0) is 33.6. The number of aliphatic hydroxyl groups is 1. The van der Waals surface area contributed by atoms with E-state index < -0.39 is 39.0 Å².